The number of anilines is 1. The lowest BCUT2D eigenvalue weighted by Gasteiger charge is -2.18. The summed E-state index contributed by atoms with van der Waals surface area (Å²) in [4.78, 5) is 33.8. The van der Waals surface area contributed by atoms with Gasteiger partial charge in [0.15, 0.2) is 17.3 Å². The first kappa shape index (κ1) is 23.1. The van der Waals surface area contributed by atoms with E-state index in [1.54, 1.807) is 0 Å². The van der Waals surface area contributed by atoms with Gasteiger partial charge in [-0.25, -0.2) is 4.39 Å². The van der Waals surface area contributed by atoms with E-state index in [1.807, 2.05) is 0 Å². The molecule has 1 heterocycles. The summed E-state index contributed by atoms with van der Waals surface area (Å²) in [5.74, 6) is -1.87. The topological polar surface area (TPSA) is 115 Å². The Morgan fingerprint density at radius 3 is 2.72 bits per heavy atom. The van der Waals surface area contributed by atoms with Gasteiger partial charge in [0, 0.05) is 11.8 Å². The number of nitrogens with one attached hydrogen (secondary N) is 3. The van der Waals surface area contributed by atoms with E-state index < -0.39 is 30.0 Å². The summed E-state index contributed by atoms with van der Waals surface area (Å²) in [6.07, 6.45) is -0.984. The number of hydrogen-bond acceptors (Lipinski definition) is 8. The van der Waals surface area contributed by atoms with Gasteiger partial charge in [0.2, 0.25) is 6.41 Å². The van der Waals surface area contributed by atoms with Gasteiger partial charge in [0.05, 0.1) is 29.7 Å². The third-order valence-electron chi connectivity index (χ3n) is 3.44. The fourth-order valence-electron chi connectivity index (χ4n) is 2.27. The van der Waals surface area contributed by atoms with Crippen molar-refractivity contribution in [3.05, 3.63) is 23.0 Å². The van der Waals surface area contributed by atoms with E-state index in [0.29, 0.717) is 11.3 Å². The second-order valence-corrected chi connectivity index (χ2v) is 7.44. The van der Waals surface area contributed by atoms with Gasteiger partial charge in [-0.05, 0) is 24.4 Å². The van der Waals surface area contributed by atoms with Crippen LogP contribution in [0.1, 0.15) is 6.92 Å². The van der Waals surface area contributed by atoms with Crippen LogP contribution in [0.15, 0.2) is 17.0 Å². The predicted octanol–water partition coefficient (Wildman–Crippen LogP) is 1.39. The minimum absolute atomic E-state index is 0.00502. The Bertz CT molecular complexity index is 800. The van der Waals surface area contributed by atoms with Crippen molar-refractivity contribution in [1.29, 1.82) is 0 Å². The molecule has 1 aromatic rings. The molecule has 1 fully saturated rings. The molecular weight excluding hydrogens is 449 g/mol. The number of hydrogen-bond donors (Lipinski definition) is 3. The van der Waals surface area contributed by atoms with E-state index in [1.165, 1.54) is 13.0 Å². The number of esters is 2. The van der Waals surface area contributed by atoms with Crippen LogP contribution in [0.25, 0.3) is 0 Å². The van der Waals surface area contributed by atoms with Crippen LogP contribution in [0.5, 0.6) is 0 Å². The van der Waals surface area contributed by atoms with Crippen LogP contribution in [-0.2, 0) is 28.6 Å². The molecule has 1 aromatic carbocycles. The molecule has 0 aliphatic carbocycles. The summed E-state index contributed by atoms with van der Waals surface area (Å²) in [6.45, 7) is 1.53. The summed E-state index contributed by atoms with van der Waals surface area (Å²) in [5.41, 5.74) is 4.43. The molecule has 0 bridgehead atoms. The van der Waals surface area contributed by atoms with Crippen molar-refractivity contribution in [1.82, 2.24) is 10.9 Å². The molecule has 29 heavy (non-hydrogen) atoms. The zero-order valence-electron chi connectivity index (χ0n) is 15.0. The summed E-state index contributed by atoms with van der Waals surface area (Å²) >= 11 is 11.9. The number of carbonyl (C=O) groups excluding carboxylic acids is 3. The normalized spacial score (nSPS) is 17.9. The molecule has 2 unspecified atom stereocenters. The summed E-state index contributed by atoms with van der Waals surface area (Å²) in [6, 6.07) is 2.43. The van der Waals surface area contributed by atoms with Crippen LogP contribution in [0.2, 0.25) is 5.02 Å². The lowest BCUT2D eigenvalue weighted by Crippen LogP contribution is -2.39. The van der Waals surface area contributed by atoms with Crippen LogP contribution in [0.3, 0.4) is 0 Å². The van der Waals surface area contributed by atoms with Crippen LogP contribution in [-0.4, -0.2) is 54.6 Å². The van der Waals surface area contributed by atoms with Gasteiger partial charge in [-0.2, -0.15) is 0 Å². The fourth-order valence-corrected chi connectivity index (χ4v) is 3.49. The Labute approximate surface area is 179 Å². The highest BCUT2D eigenvalue weighted by Gasteiger charge is 2.34. The Morgan fingerprint density at radius 2 is 2.07 bits per heavy atom. The Hall–Kier alpha value is -2.15. The smallest absolute Gasteiger partial charge is 0.316 e. The van der Waals surface area contributed by atoms with Crippen LogP contribution >= 0.6 is 35.6 Å². The van der Waals surface area contributed by atoms with E-state index in [-0.39, 0.29) is 34.8 Å². The van der Waals surface area contributed by atoms with Crippen molar-refractivity contribution < 1.29 is 33.0 Å². The second-order valence-electron chi connectivity index (χ2n) is 5.61. The SMILES string of the molecule is CC(=O)OC1COCC1OC(=O)CSc1cc(NC(=S)NNC=O)c(F)cc1Cl. The lowest BCUT2D eigenvalue weighted by molar-refractivity contribution is -0.160. The molecule has 0 aromatic heterocycles. The monoisotopic (exact) mass is 465 g/mol. The van der Waals surface area contributed by atoms with Crippen LogP contribution in [0.4, 0.5) is 10.1 Å². The molecule has 0 spiro atoms. The molecule has 13 heteroatoms. The number of thiocarbonyl (C=S) groups is 1. The third-order valence-corrected chi connectivity index (χ3v) is 5.10. The molecule has 1 aliphatic heterocycles. The van der Waals surface area contributed by atoms with Crippen molar-refractivity contribution in [3.8, 4) is 0 Å². The predicted molar refractivity (Wildman–Crippen MR) is 107 cm³/mol. The average molecular weight is 466 g/mol. The first-order chi connectivity index (χ1) is 13.8. The molecule has 0 saturated carbocycles. The van der Waals surface area contributed by atoms with Crippen molar-refractivity contribution in [2.75, 3.05) is 24.3 Å². The molecule has 1 amide bonds. The number of benzene rings is 1. The highest BCUT2D eigenvalue weighted by molar-refractivity contribution is 8.00. The molecule has 158 valence electrons. The van der Waals surface area contributed by atoms with Crippen molar-refractivity contribution >= 4 is 64.7 Å². The van der Waals surface area contributed by atoms with Crippen molar-refractivity contribution in [2.24, 2.45) is 0 Å². The summed E-state index contributed by atoms with van der Waals surface area (Å²) in [7, 11) is 0. The maximum Gasteiger partial charge on any atom is 0.316 e. The Kier molecular flexibility index (Phi) is 8.89. The molecule has 1 saturated heterocycles. The van der Waals surface area contributed by atoms with Gasteiger partial charge in [-0.3, -0.25) is 25.2 Å². The molecule has 2 atom stereocenters. The zero-order chi connectivity index (χ0) is 21.4. The molecular formula is C16H17ClFN3O6S2. The summed E-state index contributed by atoms with van der Waals surface area (Å²) < 4.78 is 29.5. The number of halogens is 2. The van der Waals surface area contributed by atoms with E-state index >= 15 is 0 Å². The first-order valence-electron chi connectivity index (χ1n) is 8.12. The maximum atomic E-state index is 14.0. The highest BCUT2D eigenvalue weighted by Crippen LogP contribution is 2.32. The number of rotatable bonds is 8. The second kappa shape index (κ2) is 11.1. The maximum absolute atomic E-state index is 14.0. The van der Waals surface area contributed by atoms with Gasteiger partial charge < -0.3 is 19.5 Å². The molecule has 3 N–H and O–H groups in total. The van der Waals surface area contributed by atoms with E-state index in [4.69, 9.17) is 38.0 Å². The number of hydrazine groups is 1. The van der Waals surface area contributed by atoms with Crippen molar-refractivity contribution in [2.45, 2.75) is 24.0 Å². The number of carbonyl (C=O) groups is 3. The molecule has 1 aliphatic rings. The Morgan fingerprint density at radius 1 is 1.38 bits per heavy atom. The van der Waals surface area contributed by atoms with E-state index in [0.717, 1.165) is 17.8 Å². The molecule has 9 nitrogen and oxygen atoms in total. The number of ether oxygens (including phenoxy) is 3. The minimum Gasteiger partial charge on any atom is -0.456 e. The number of amides is 1. The highest BCUT2D eigenvalue weighted by atomic mass is 35.5. The van der Waals surface area contributed by atoms with Crippen LogP contribution < -0.4 is 16.2 Å². The fraction of sp³-hybridized carbons (Fsp3) is 0.375. The summed E-state index contributed by atoms with van der Waals surface area (Å²) in [5, 5.41) is 2.60. The zero-order valence-corrected chi connectivity index (χ0v) is 17.4. The lowest BCUT2D eigenvalue weighted by atomic mass is 10.2. The number of thioether (sulfide) groups is 1. The van der Waals surface area contributed by atoms with Gasteiger partial charge in [-0.1, -0.05) is 11.6 Å². The van der Waals surface area contributed by atoms with Gasteiger partial charge in [0.1, 0.15) is 5.82 Å². The van der Waals surface area contributed by atoms with Gasteiger partial charge >= 0.3 is 11.9 Å². The quantitative estimate of drug-likeness (QED) is 0.171. The minimum atomic E-state index is -0.693. The van der Waals surface area contributed by atoms with E-state index in [2.05, 4.69) is 16.2 Å². The van der Waals surface area contributed by atoms with Crippen molar-refractivity contribution in [3.63, 3.8) is 0 Å². The average Bonchev–Trinajstić information content (AvgIpc) is 3.07. The van der Waals surface area contributed by atoms with Crippen LogP contribution in [0, 0.1) is 5.82 Å². The molecule has 0 radical (unpaired) electrons. The third kappa shape index (κ3) is 7.31. The Balaban J connectivity index is 1.94. The molecule has 2 rings (SSSR count). The van der Waals surface area contributed by atoms with Gasteiger partial charge in [-0.15, -0.1) is 11.8 Å². The van der Waals surface area contributed by atoms with E-state index in [9.17, 15) is 18.8 Å². The standard InChI is InChI=1S/C16H17ClFN3O6S2/c1-8(23)26-12-4-25-5-13(12)27-15(24)6-29-14-3-11(10(18)2-9(14)17)20-16(28)21-19-7-22/h2-3,7,12-13H,4-6H2,1H3,(H,19,22)(H2,20,21,28). The van der Waals surface area contributed by atoms with Gasteiger partial charge in [0.25, 0.3) is 0 Å². The first-order valence-corrected chi connectivity index (χ1v) is 9.89. The largest absolute Gasteiger partial charge is 0.456 e.